The van der Waals surface area contributed by atoms with E-state index in [0.29, 0.717) is 13.1 Å². The molecule has 7 nitrogen and oxygen atoms in total. The first-order valence-electron chi connectivity index (χ1n) is 13.7. The predicted molar refractivity (Wildman–Crippen MR) is 151 cm³/mol. The van der Waals surface area contributed by atoms with Crippen molar-refractivity contribution in [3.05, 3.63) is 89.2 Å². The van der Waals surface area contributed by atoms with Crippen molar-refractivity contribution in [2.75, 3.05) is 32.8 Å². The van der Waals surface area contributed by atoms with Crippen LogP contribution in [0.15, 0.2) is 67.0 Å². The van der Waals surface area contributed by atoms with Crippen LogP contribution in [-0.4, -0.2) is 70.9 Å². The lowest BCUT2D eigenvalue weighted by molar-refractivity contribution is -0.258. The number of piperazine rings is 1. The summed E-state index contributed by atoms with van der Waals surface area (Å²) in [4.78, 5) is 21.2. The minimum absolute atomic E-state index is 0.0185. The third-order valence-electron chi connectivity index (χ3n) is 7.61. The first-order valence-corrected chi connectivity index (χ1v) is 13.7. The first-order chi connectivity index (χ1) is 19.5. The highest BCUT2D eigenvalue weighted by molar-refractivity contribution is 5.70. The van der Waals surface area contributed by atoms with Gasteiger partial charge in [0.1, 0.15) is 6.61 Å². The molecule has 2 heterocycles. The van der Waals surface area contributed by atoms with Crippen molar-refractivity contribution < 1.29 is 27.8 Å². The summed E-state index contributed by atoms with van der Waals surface area (Å²) in [5, 5.41) is 9.96. The van der Waals surface area contributed by atoms with Crippen molar-refractivity contribution in [3.63, 3.8) is 0 Å². The predicted octanol–water partition coefficient (Wildman–Crippen LogP) is 4.41. The topological polar surface area (TPSA) is 91.9 Å². The number of alkyl halides is 3. The SMILES string of the molecule is Cc1cc(CN2CCN(Cc3ccncc3)C(CC(=O)OCCN)C2)ccc1-c1ccc(C(C)(O)C(F)(F)F)cc1. The normalized spacial score (nSPS) is 18.2. The Balaban J connectivity index is 1.44. The smallest absolute Gasteiger partial charge is 0.421 e. The van der Waals surface area contributed by atoms with Crippen LogP contribution in [-0.2, 0) is 28.2 Å². The van der Waals surface area contributed by atoms with Crippen LogP contribution in [0.2, 0.25) is 0 Å². The Hall–Kier alpha value is -3.31. The van der Waals surface area contributed by atoms with Gasteiger partial charge in [-0.2, -0.15) is 13.2 Å². The number of nitrogens with two attached hydrogens (primary N) is 1. The van der Waals surface area contributed by atoms with Gasteiger partial charge in [-0.25, -0.2) is 0 Å². The molecule has 2 aromatic carbocycles. The molecule has 0 bridgehead atoms. The molecule has 41 heavy (non-hydrogen) atoms. The third kappa shape index (κ3) is 7.71. The molecule has 3 N–H and O–H groups in total. The van der Waals surface area contributed by atoms with E-state index in [1.54, 1.807) is 24.5 Å². The van der Waals surface area contributed by atoms with Gasteiger partial charge in [-0.1, -0.05) is 42.5 Å². The van der Waals surface area contributed by atoms with Crippen LogP contribution in [0.1, 0.15) is 35.6 Å². The molecule has 1 aliphatic heterocycles. The largest absolute Gasteiger partial charge is 0.464 e. The highest BCUT2D eigenvalue weighted by Crippen LogP contribution is 2.39. The van der Waals surface area contributed by atoms with Crippen molar-refractivity contribution in [1.29, 1.82) is 0 Å². The van der Waals surface area contributed by atoms with E-state index < -0.39 is 11.8 Å². The molecule has 1 saturated heterocycles. The number of esters is 1. The van der Waals surface area contributed by atoms with Gasteiger partial charge in [0.2, 0.25) is 0 Å². The molecular formula is C31H37F3N4O3. The van der Waals surface area contributed by atoms with Gasteiger partial charge >= 0.3 is 12.1 Å². The number of hydrogen-bond acceptors (Lipinski definition) is 7. The highest BCUT2D eigenvalue weighted by atomic mass is 19.4. The fourth-order valence-corrected chi connectivity index (χ4v) is 5.19. The van der Waals surface area contributed by atoms with Crippen LogP contribution in [0, 0.1) is 6.92 Å². The average molecular weight is 571 g/mol. The van der Waals surface area contributed by atoms with Crippen molar-refractivity contribution >= 4 is 5.97 Å². The zero-order chi connectivity index (χ0) is 29.6. The van der Waals surface area contributed by atoms with Gasteiger partial charge in [0.05, 0.1) is 6.42 Å². The minimum Gasteiger partial charge on any atom is -0.464 e. The van der Waals surface area contributed by atoms with E-state index in [4.69, 9.17) is 10.5 Å². The van der Waals surface area contributed by atoms with Gasteiger partial charge in [0.15, 0.2) is 5.60 Å². The Morgan fingerprint density at radius 2 is 1.76 bits per heavy atom. The van der Waals surface area contributed by atoms with Crippen LogP contribution in [0.25, 0.3) is 11.1 Å². The van der Waals surface area contributed by atoms with E-state index in [-0.39, 0.29) is 37.1 Å². The molecule has 3 aromatic rings. The Kier molecular flexibility index (Phi) is 9.80. The number of rotatable bonds is 10. The van der Waals surface area contributed by atoms with E-state index in [1.165, 1.54) is 12.1 Å². The van der Waals surface area contributed by atoms with Gasteiger partial charge in [-0.15, -0.1) is 0 Å². The number of halogens is 3. The van der Waals surface area contributed by atoms with Crippen molar-refractivity contribution in [2.24, 2.45) is 5.73 Å². The monoisotopic (exact) mass is 570 g/mol. The number of benzene rings is 2. The molecule has 0 aliphatic carbocycles. The maximum atomic E-state index is 13.2. The summed E-state index contributed by atoms with van der Waals surface area (Å²) in [5.74, 6) is -0.259. The summed E-state index contributed by atoms with van der Waals surface area (Å²) in [6.07, 6.45) is -0.956. The molecule has 0 amide bonds. The third-order valence-corrected chi connectivity index (χ3v) is 7.61. The van der Waals surface area contributed by atoms with Crippen molar-refractivity contribution in [3.8, 4) is 11.1 Å². The van der Waals surface area contributed by atoms with Gasteiger partial charge in [-0.05, 0) is 59.4 Å². The molecule has 1 fully saturated rings. The van der Waals surface area contributed by atoms with Gasteiger partial charge < -0.3 is 15.6 Å². The Labute approximate surface area is 238 Å². The Morgan fingerprint density at radius 3 is 2.39 bits per heavy atom. The van der Waals surface area contributed by atoms with Crippen LogP contribution in [0.4, 0.5) is 13.2 Å². The standard InChI is InChI=1S/C31H37F3N4O3/c1-22-17-24(3-8-28(22)25-4-6-26(7-5-25)30(2,40)31(32,33)34)19-37-14-15-38(20-23-9-12-36-13-10-23)27(21-37)18-29(39)41-16-11-35/h3-10,12-13,17,27,40H,11,14-16,18-21,35H2,1-2H3. The van der Waals surface area contributed by atoms with E-state index in [9.17, 15) is 23.1 Å². The second-order valence-corrected chi connectivity index (χ2v) is 10.7. The fraction of sp³-hybridized carbons (Fsp3) is 0.419. The zero-order valence-corrected chi connectivity index (χ0v) is 23.4. The summed E-state index contributed by atoms with van der Waals surface area (Å²) in [6.45, 7) is 6.97. The number of carbonyl (C=O) groups excluding carboxylic acids is 1. The van der Waals surface area contributed by atoms with E-state index >= 15 is 0 Å². The number of pyridine rings is 1. The average Bonchev–Trinajstić information content (AvgIpc) is 2.93. The lowest BCUT2D eigenvalue weighted by Gasteiger charge is -2.41. The van der Waals surface area contributed by atoms with Crippen molar-refractivity contribution in [2.45, 2.75) is 51.2 Å². The van der Waals surface area contributed by atoms with Crippen LogP contribution in [0.5, 0.6) is 0 Å². The molecule has 0 saturated carbocycles. The summed E-state index contributed by atoms with van der Waals surface area (Å²) >= 11 is 0. The maximum Gasteiger partial charge on any atom is 0.421 e. The Bertz CT molecular complexity index is 1300. The number of aromatic nitrogens is 1. The minimum atomic E-state index is -4.76. The van der Waals surface area contributed by atoms with Gasteiger partial charge in [0, 0.05) is 57.7 Å². The highest BCUT2D eigenvalue weighted by Gasteiger charge is 2.51. The number of ether oxygens (including phenoxy) is 1. The maximum absolute atomic E-state index is 13.2. The quantitative estimate of drug-likeness (QED) is 0.349. The molecule has 0 radical (unpaired) electrons. The number of aryl methyl sites for hydroxylation is 1. The second kappa shape index (κ2) is 13.1. The number of hydrogen-bond donors (Lipinski definition) is 2. The van der Waals surface area contributed by atoms with Gasteiger partial charge in [0.25, 0.3) is 0 Å². The van der Waals surface area contributed by atoms with Crippen molar-refractivity contribution in [1.82, 2.24) is 14.8 Å². The molecule has 1 aromatic heterocycles. The molecule has 2 unspecified atom stereocenters. The van der Waals surface area contributed by atoms with Crippen LogP contribution in [0.3, 0.4) is 0 Å². The lowest BCUT2D eigenvalue weighted by Crippen LogP contribution is -2.53. The lowest BCUT2D eigenvalue weighted by atomic mass is 9.92. The molecule has 2 atom stereocenters. The summed E-state index contributed by atoms with van der Waals surface area (Å²) in [6, 6.07) is 15.9. The first kappa shape index (κ1) is 30.6. The van der Waals surface area contributed by atoms with Crippen LogP contribution < -0.4 is 5.73 Å². The van der Waals surface area contributed by atoms with E-state index in [2.05, 4.69) is 20.9 Å². The molecule has 220 valence electrons. The molecular weight excluding hydrogens is 533 g/mol. The summed E-state index contributed by atoms with van der Waals surface area (Å²) < 4.78 is 44.9. The number of nitrogens with zero attached hydrogens (tertiary/aromatic N) is 3. The van der Waals surface area contributed by atoms with E-state index in [0.717, 1.165) is 54.4 Å². The number of aliphatic hydroxyl groups is 1. The number of carbonyl (C=O) groups is 1. The molecule has 4 rings (SSSR count). The summed E-state index contributed by atoms with van der Waals surface area (Å²) in [7, 11) is 0. The second-order valence-electron chi connectivity index (χ2n) is 10.7. The van der Waals surface area contributed by atoms with Gasteiger partial charge in [-0.3, -0.25) is 19.6 Å². The van der Waals surface area contributed by atoms with E-state index in [1.807, 2.05) is 31.2 Å². The molecule has 1 aliphatic rings. The summed E-state index contributed by atoms with van der Waals surface area (Å²) in [5.41, 5.74) is 7.30. The van der Waals surface area contributed by atoms with Crippen LogP contribution >= 0.6 is 0 Å². The molecule has 0 spiro atoms. The zero-order valence-electron chi connectivity index (χ0n) is 23.4. The fourth-order valence-electron chi connectivity index (χ4n) is 5.19. The Morgan fingerprint density at radius 1 is 1.05 bits per heavy atom. The molecule has 10 heteroatoms.